The summed E-state index contributed by atoms with van der Waals surface area (Å²) in [6, 6.07) is 0. The van der Waals surface area contributed by atoms with Crippen LogP contribution in [0.2, 0.25) is 0 Å². The largest absolute Gasteiger partial charge is 0.288 e. The minimum Gasteiger partial charge on any atom is -0.288 e. The van der Waals surface area contributed by atoms with Crippen molar-refractivity contribution in [3.8, 4) is 0 Å². The van der Waals surface area contributed by atoms with Crippen LogP contribution in [0, 0.1) is 20.8 Å². The van der Waals surface area contributed by atoms with Crippen LogP contribution in [-0.2, 0) is 5.41 Å². The van der Waals surface area contributed by atoms with E-state index in [2.05, 4.69) is 36.0 Å². The topological polar surface area (TPSA) is 58.6 Å². The number of nitrogens with zero attached hydrogens (tertiary/aromatic N) is 2. The van der Waals surface area contributed by atoms with Gasteiger partial charge in [0, 0.05) is 16.7 Å². The number of H-pyrrole nitrogens is 1. The second-order valence-electron chi connectivity index (χ2n) is 6.23. The molecule has 1 N–H and O–H groups in total. The number of carbonyl (C=O) groups excluding carboxylic acids is 1. The Morgan fingerprint density at radius 2 is 1.86 bits per heavy atom. The molecule has 0 amide bonds. The van der Waals surface area contributed by atoms with E-state index >= 15 is 0 Å². The van der Waals surface area contributed by atoms with Gasteiger partial charge in [-0.05, 0) is 32.9 Å². The Bertz CT molecular complexity index is 682. The van der Waals surface area contributed by atoms with Crippen LogP contribution in [0.4, 0.5) is 0 Å². The third kappa shape index (κ3) is 3.29. The molecule has 2 aromatic heterocycles. The summed E-state index contributed by atoms with van der Waals surface area (Å²) in [7, 11) is 0. The lowest BCUT2D eigenvalue weighted by Crippen LogP contribution is -2.10. The van der Waals surface area contributed by atoms with Crippen LogP contribution in [0.25, 0.3) is 6.08 Å². The quantitative estimate of drug-likeness (QED) is 0.689. The Morgan fingerprint density at radius 3 is 2.33 bits per heavy atom. The molecule has 112 valence electrons. The van der Waals surface area contributed by atoms with Crippen molar-refractivity contribution in [2.45, 2.75) is 47.0 Å². The number of thiazole rings is 1. The molecular formula is C16H21N3OS. The van der Waals surface area contributed by atoms with Crippen molar-refractivity contribution in [2.24, 2.45) is 0 Å². The fraction of sp³-hybridized carbons (Fsp3) is 0.438. The monoisotopic (exact) mass is 303 g/mol. The summed E-state index contributed by atoms with van der Waals surface area (Å²) >= 11 is 1.48. The van der Waals surface area contributed by atoms with Gasteiger partial charge in [-0.1, -0.05) is 20.8 Å². The van der Waals surface area contributed by atoms with E-state index < -0.39 is 0 Å². The van der Waals surface area contributed by atoms with E-state index in [1.54, 1.807) is 6.08 Å². The molecule has 0 aliphatic carbocycles. The van der Waals surface area contributed by atoms with E-state index in [0.717, 1.165) is 32.5 Å². The second kappa shape index (κ2) is 5.56. The van der Waals surface area contributed by atoms with Crippen LogP contribution >= 0.6 is 11.3 Å². The van der Waals surface area contributed by atoms with E-state index in [1.165, 1.54) is 11.3 Å². The van der Waals surface area contributed by atoms with E-state index in [4.69, 9.17) is 0 Å². The molecule has 0 radical (unpaired) electrons. The fourth-order valence-corrected chi connectivity index (χ4v) is 3.03. The van der Waals surface area contributed by atoms with Crippen LogP contribution in [0.5, 0.6) is 0 Å². The van der Waals surface area contributed by atoms with Crippen molar-refractivity contribution in [1.82, 2.24) is 15.2 Å². The first-order valence-electron chi connectivity index (χ1n) is 6.92. The maximum absolute atomic E-state index is 12.4. The Labute approximate surface area is 129 Å². The predicted molar refractivity (Wildman–Crippen MR) is 87.0 cm³/mol. The highest BCUT2D eigenvalue weighted by atomic mass is 32.1. The normalized spacial score (nSPS) is 12.3. The van der Waals surface area contributed by atoms with Crippen LogP contribution in [0.15, 0.2) is 6.08 Å². The Hall–Kier alpha value is -1.75. The predicted octanol–water partition coefficient (Wildman–Crippen LogP) is 3.99. The molecule has 2 rings (SSSR count). The van der Waals surface area contributed by atoms with Gasteiger partial charge in [-0.3, -0.25) is 9.89 Å². The number of hydrogen-bond acceptors (Lipinski definition) is 4. The average molecular weight is 303 g/mol. The fourth-order valence-electron chi connectivity index (χ4n) is 1.99. The lowest BCUT2D eigenvalue weighted by molar-refractivity contribution is 0.105. The molecule has 2 heterocycles. The molecule has 0 atom stereocenters. The van der Waals surface area contributed by atoms with Gasteiger partial charge in [0.05, 0.1) is 21.3 Å². The smallest absolute Gasteiger partial charge is 0.197 e. The number of rotatable bonds is 3. The lowest BCUT2D eigenvalue weighted by Gasteiger charge is -2.13. The summed E-state index contributed by atoms with van der Waals surface area (Å²) < 4.78 is 0. The number of carbonyl (C=O) groups is 1. The van der Waals surface area contributed by atoms with Gasteiger partial charge >= 0.3 is 0 Å². The van der Waals surface area contributed by atoms with Gasteiger partial charge in [0.15, 0.2) is 5.78 Å². The van der Waals surface area contributed by atoms with E-state index in [9.17, 15) is 4.79 Å². The number of aryl methyl sites for hydroxylation is 3. The lowest BCUT2D eigenvalue weighted by atomic mass is 9.98. The van der Waals surface area contributed by atoms with Gasteiger partial charge in [-0.25, -0.2) is 4.98 Å². The van der Waals surface area contributed by atoms with E-state index in [1.807, 2.05) is 26.8 Å². The van der Waals surface area contributed by atoms with Crippen molar-refractivity contribution < 1.29 is 4.79 Å². The standard InChI is InChI=1S/C16H21N3OS/c1-9-12(10(2)19-18-9)7-8-13(20)14-11(3)17-15(21-14)16(4,5)6/h7-8H,1-6H3,(H,18,19)/b8-7+. The molecule has 0 saturated carbocycles. The summed E-state index contributed by atoms with van der Waals surface area (Å²) in [5.74, 6) is 0.000463. The molecule has 21 heavy (non-hydrogen) atoms. The van der Waals surface area contributed by atoms with Gasteiger partial charge in [-0.2, -0.15) is 5.10 Å². The van der Waals surface area contributed by atoms with Gasteiger partial charge < -0.3 is 0 Å². The molecule has 5 heteroatoms. The molecule has 0 fully saturated rings. The summed E-state index contributed by atoms with van der Waals surface area (Å²) in [6.07, 6.45) is 3.43. The number of aromatic amines is 1. The van der Waals surface area contributed by atoms with Gasteiger partial charge in [0.1, 0.15) is 0 Å². The first-order valence-corrected chi connectivity index (χ1v) is 7.73. The average Bonchev–Trinajstić information content (AvgIpc) is 2.91. The third-order valence-corrected chi connectivity index (χ3v) is 4.85. The number of ketones is 1. The number of nitrogens with one attached hydrogen (secondary N) is 1. The molecule has 0 aliphatic heterocycles. The van der Waals surface area contributed by atoms with Crippen molar-refractivity contribution in [3.05, 3.63) is 38.6 Å². The van der Waals surface area contributed by atoms with Crippen LogP contribution in [0.3, 0.4) is 0 Å². The molecule has 4 nitrogen and oxygen atoms in total. The Morgan fingerprint density at radius 1 is 1.19 bits per heavy atom. The molecule has 0 spiro atoms. The van der Waals surface area contributed by atoms with Crippen LogP contribution < -0.4 is 0 Å². The van der Waals surface area contributed by atoms with Crippen molar-refractivity contribution >= 4 is 23.2 Å². The molecule has 0 aromatic carbocycles. The molecule has 0 saturated heterocycles. The first kappa shape index (κ1) is 15.6. The van der Waals surface area contributed by atoms with Crippen molar-refractivity contribution in [3.63, 3.8) is 0 Å². The number of hydrogen-bond donors (Lipinski definition) is 1. The maximum Gasteiger partial charge on any atom is 0.197 e. The van der Waals surface area contributed by atoms with E-state index in [0.29, 0.717) is 0 Å². The SMILES string of the molecule is Cc1nc(C(C)(C)C)sc1C(=O)/C=C/c1c(C)n[nH]c1C. The highest BCUT2D eigenvalue weighted by Gasteiger charge is 2.22. The number of allylic oxidation sites excluding steroid dienone is 1. The zero-order valence-electron chi connectivity index (χ0n) is 13.4. The summed E-state index contributed by atoms with van der Waals surface area (Å²) in [5.41, 5.74) is 3.61. The van der Waals surface area contributed by atoms with E-state index in [-0.39, 0.29) is 11.2 Å². The van der Waals surface area contributed by atoms with Crippen molar-refractivity contribution in [2.75, 3.05) is 0 Å². The molecule has 2 aromatic rings. The zero-order chi connectivity index (χ0) is 15.8. The Balaban J connectivity index is 2.27. The molecular weight excluding hydrogens is 282 g/mol. The van der Waals surface area contributed by atoms with Gasteiger partial charge in [-0.15, -0.1) is 11.3 Å². The molecule has 0 unspecified atom stereocenters. The van der Waals surface area contributed by atoms with Crippen molar-refractivity contribution in [1.29, 1.82) is 0 Å². The highest BCUT2D eigenvalue weighted by molar-refractivity contribution is 7.14. The summed E-state index contributed by atoms with van der Waals surface area (Å²) in [6.45, 7) is 12.1. The Kier molecular flexibility index (Phi) is 4.14. The zero-order valence-corrected chi connectivity index (χ0v) is 14.2. The third-order valence-electron chi connectivity index (χ3n) is 3.25. The first-order chi connectivity index (χ1) is 9.70. The summed E-state index contributed by atoms with van der Waals surface area (Å²) in [5, 5.41) is 8.03. The number of aromatic nitrogens is 3. The van der Waals surface area contributed by atoms with Gasteiger partial charge in [0.25, 0.3) is 0 Å². The minimum atomic E-state index is -0.0323. The maximum atomic E-state index is 12.4. The van der Waals surface area contributed by atoms with Crippen LogP contribution in [0.1, 0.15) is 58.1 Å². The molecule has 0 bridgehead atoms. The van der Waals surface area contributed by atoms with Crippen LogP contribution in [-0.4, -0.2) is 21.0 Å². The molecule has 0 aliphatic rings. The van der Waals surface area contributed by atoms with Gasteiger partial charge in [0.2, 0.25) is 0 Å². The second-order valence-corrected chi connectivity index (χ2v) is 7.23. The minimum absolute atomic E-state index is 0.000463. The highest BCUT2D eigenvalue weighted by Crippen LogP contribution is 2.29. The summed E-state index contributed by atoms with van der Waals surface area (Å²) in [4.78, 5) is 17.6.